The number of phenols is 1. The molecule has 158 valence electrons. The van der Waals surface area contributed by atoms with Gasteiger partial charge in [0.25, 0.3) is 0 Å². The van der Waals surface area contributed by atoms with E-state index >= 15 is 0 Å². The minimum absolute atomic E-state index is 0.161. The van der Waals surface area contributed by atoms with Crippen LogP contribution in [-0.2, 0) is 16.4 Å². The lowest BCUT2D eigenvalue weighted by molar-refractivity contribution is 0.256. The number of rotatable bonds is 8. The van der Waals surface area contributed by atoms with Gasteiger partial charge in [-0.2, -0.15) is 0 Å². The molecule has 0 aliphatic heterocycles. The summed E-state index contributed by atoms with van der Waals surface area (Å²) in [5, 5.41) is 19.1. The van der Waals surface area contributed by atoms with Crippen molar-refractivity contribution in [2.75, 3.05) is 6.61 Å². The minimum Gasteiger partial charge on any atom is -0.508 e. The predicted octanol–water partition coefficient (Wildman–Crippen LogP) is 3.68. The minimum atomic E-state index is -3.72. The van der Waals surface area contributed by atoms with E-state index in [0.29, 0.717) is 17.9 Å². The van der Waals surface area contributed by atoms with Gasteiger partial charge in [0.05, 0.1) is 11.5 Å². The molecule has 30 heavy (non-hydrogen) atoms. The highest BCUT2D eigenvalue weighted by molar-refractivity contribution is 7.89. The topological polar surface area (TPSA) is 95.9 Å². The number of nitrogens with one attached hydrogen (secondary N) is 1. The van der Waals surface area contributed by atoms with Crippen LogP contribution in [0.15, 0.2) is 71.6 Å². The summed E-state index contributed by atoms with van der Waals surface area (Å²) in [5.41, 5.74) is 2.67. The van der Waals surface area contributed by atoms with Crippen LogP contribution in [0.2, 0.25) is 0 Å². The molecule has 0 spiro atoms. The molecule has 0 amide bonds. The van der Waals surface area contributed by atoms with Gasteiger partial charge in [0.1, 0.15) is 17.2 Å². The smallest absolute Gasteiger partial charge is 0.240 e. The molecule has 3 aromatic carbocycles. The first-order valence-corrected chi connectivity index (χ1v) is 11.0. The summed E-state index contributed by atoms with van der Waals surface area (Å²) < 4.78 is 33.6. The van der Waals surface area contributed by atoms with Crippen LogP contribution in [0.4, 0.5) is 0 Å². The van der Waals surface area contributed by atoms with Gasteiger partial charge < -0.3 is 14.9 Å². The Labute approximate surface area is 176 Å². The third-order valence-electron chi connectivity index (χ3n) is 4.65. The highest BCUT2D eigenvalue weighted by atomic mass is 32.2. The lowest BCUT2D eigenvalue weighted by Gasteiger charge is -2.19. The van der Waals surface area contributed by atoms with Crippen LogP contribution >= 0.6 is 0 Å². The molecule has 0 radical (unpaired) electrons. The van der Waals surface area contributed by atoms with Gasteiger partial charge in [-0.3, -0.25) is 0 Å². The normalized spacial score (nSPS) is 12.5. The van der Waals surface area contributed by atoms with Crippen LogP contribution in [0.3, 0.4) is 0 Å². The third kappa shape index (κ3) is 5.38. The van der Waals surface area contributed by atoms with Gasteiger partial charge in [0.15, 0.2) is 0 Å². The summed E-state index contributed by atoms with van der Waals surface area (Å²) in [7, 11) is -3.72. The van der Waals surface area contributed by atoms with Crippen molar-refractivity contribution < 1.29 is 23.4 Å². The molecule has 0 saturated carbocycles. The Morgan fingerprint density at radius 1 is 0.967 bits per heavy atom. The summed E-state index contributed by atoms with van der Waals surface area (Å²) in [4.78, 5) is 0.161. The van der Waals surface area contributed by atoms with Crippen molar-refractivity contribution in [3.8, 4) is 17.2 Å². The van der Waals surface area contributed by atoms with Gasteiger partial charge in [-0.25, -0.2) is 13.1 Å². The second-order valence-corrected chi connectivity index (χ2v) is 8.89. The molecule has 0 saturated heterocycles. The molecule has 3 aromatic rings. The van der Waals surface area contributed by atoms with Gasteiger partial charge in [-0.1, -0.05) is 30.3 Å². The van der Waals surface area contributed by atoms with E-state index < -0.39 is 16.1 Å². The van der Waals surface area contributed by atoms with Crippen LogP contribution in [0, 0.1) is 13.8 Å². The summed E-state index contributed by atoms with van der Waals surface area (Å²) >= 11 is 0. The number of benzene rings is 3. The summed E-state index contributed by atoms with van der Waals surface area (Å²) in [6, 6.07) is 17.7. The average molecular weight is 428 g/mol. The Balaban J connectivity index is 1.76. The van der Waals surface area contributed by atoms with Crippen LogP contribution in [-0.4, -0.2) is 31.3 Å². The Hall–Kier alpha value is -2.87. The van der Waals surface area contributed by atoms with E-state index in [-0.39, 0.29) is 17.3 Å². The first kappa shape index (κ1) is 21.8. The largest absolute Gasteiger partial charge is 0.508 e. The third-order valence-corrected chi connectivity index (χ3v) is 6.19. The summed E-state index contributed by atoms with van der Waals surface area (Å²) in [6.45, 7) is 3.50. The zero-order valence-electron chi connectivity index (χ0n) is 16.9. The van der Waals surface area contributed by atoms with Crippen molar-refractivity contribution in [3.05, 3.63) is 83.4 Å². The maximum atomic E-state index is 12.5. The number of aliphatic hydroxyl groups excluding tert-OH is 1. The van der Waals surface area contributed by atoms with Crippen molar-refractivity contribution in [3.63, 3.8) is 0 Å². The molecule has 0 aliphatic rings. The molecule has 1 atom stereocenters. The van der Waals surface area contributed by atoms with Crippen molar-refractivity contribution in [2.24, 2.45) is 0 Å². The quantitative estimate of drug-likeness (QED) is 0.510. The van der Waals surface area contributed by atoms with Crippen LogP contribution < -0.4 is 9.46 Å². The highest BCUT2D eigenvalue weighted by Crippen LogP contribution is 2.31. The molecule has 3 N–H and O–H groups in total. The van der Waals surface area contributed by atoms with E-state index in [1.165, 1.54) is 12.1 Å². The molecular weight excluding hydrogens is 402 g/mol. The zero-order valence-corrected chi connectivity index (χ0v) is 17.7. The van der Waals surface area contributed by atoms with E-state index in [2.05, 4.69) is 4.72 Å². The van der Waals surface area contributed by atoms with Crippen LogP contribution in [0.25, 0.3) is 0 Å². The number of hydrogen-bond donors (Lipinski definition) is 3. The molecule has 0 aromatic heterocycles. The number of hydrogen-bond acceptors (Lipinski definition) is 5. The average Bonchev–Trinajstić information content (AvgIpc) is 2.72. The molecule has 0 fully saturated rings. The molecule has 0 heterocycles. The lowest BCUT2D eigenvalue weighted by Crippen LogP contribution is -2.39. The fourth-order valence-electron chi connectivity index (χ4n) is 3.27. The summed E-state index contributed by atoms with van der Waals surface area (Å²) in [6.07, 6.45) is 0.337. The molecule has 6 nitrogen and oxygen atoms in total. The van der Waals surface area contributed by atoms with Crippen molar-refractivity contribution in [2.45, 2.75) is 31.2 Å². The second-order valence-electron chi connectivity index (χ2n) is 7.17. The Bertz CT molecular complexity index is 1070. The van der Waals surface area contributed by atoms with E-state index in [1.54, 1.807) is 42.5 Å². The van der Waals surface area contributed by atoms with Gasteiger partial charge in [0.2, 0.25) is 10.0 Å². The van der Waals surface area contributed by atoms with E-state index in [4.69, 9.17) is 4.74 Å². The summed E-state index contributed by atoms with van der Waals surface area (Å²) in [5.74, 6) is 1.48. The van der Waals surface area contributed by atoms with Crippen molar-refractivity contribution >= 4 is 10.0 Å². The molecule has 1 unspecified atom stereocenters. The fourth-order valence-corrected chi connectivity index (χ4v) is 4.51. The molecule has 0 bridgehead atoms. The van der Waals surface area contributed by atoms with Gasteiger partial charge in [-0.05, 0) is 73.4 Å². The molecular formula is C23H25NO5S. The van der Waals surface area contributed by atoms with Crippen molar-refractivity contribution in [1.29, 1.82) is 0 Å². The first-order chi connectivity index (χ1) is 14.3. The highest BCUT2D eigenvalue weighted by Gasteiger charge is 2.20. The van der Waals surface area contributed by atoms with Gasteiger partial charge in [-0.15, -0.1) is 0 Å². The lowest BCUT2D eigenvalue weighted by atomic mass is 10.0. The maximum absolute atomic E-state index is 12.5. The number of aromatic hydroxyl groups is 1. The van der Waals surface area contributed by atoms with Crippen LogP contribution in [0.1, 0.15) is 16.7 Å². The maximum Gasteiger partial charge on any atom is 0.240 e. The SMILES string of the molecule is Cc1cc(CC(CO)NS(=O)(=O)c2ccccc2)cc(C)c1Oc1ccc(O)cc1. The Kier molecular flexibility index (Phi) is 6.77. The number of ether oxygens (including phenoxy) is 1. The molecule has 0 aliphatic carbocycles. The number of aliphatic hydroxyl groups is 1. The van der Waals surface area contributed by atoms with E-state index in [0.717, 1.165) is 16.7 Å². The standard InChI is InChI=1S/C23H25NO5S/c1-16-12-18(13-17(2)23(16)29-21-10-8-20(26)9-11-21)14-19(15-25)24-30(27,28)22-6-4-3-5-7-22/h3-13,19,24-26H,14-15H2,1-2H3. The zero-order chi connectivity index (χ0) is 21.7. The Morgan fingerprint density at radius 3 is 2.13 bits per heavy atom. The van der Waals surface area contributed by atoms with E-state index in [1.807, 2.05) is 26.0 Å². The number of aryl methyl sites for hydroxylation is 2. The number of sulfonamides is 1. The van der Waals surface area contributed by atoms with Crippen molar-refractivity contribution in [1.82, 2.24) is 4.72 Å². The van der Waals surface area contributed by atoms with Gasteiger partial charge in [0, 0.05) is 6.04 Å². The number of phenolic OH excluding ortho intramolecular Hbond substituents is 1. The first-order valence-electron chi connectivity index (χ1n) is 9.54. The van der Waals surface area contributed by atoms with Gasteiger partial charge >= 0.3 is 0 Å². The second kappa shape index (κ2) is 9.30. The fraction of sp³-hybridized carbons (Fsp3) is 0.217. The Morgan fingerprint density at radius 2 is 1.57 bits per heavy atom. The monoisotopic (exact) mass is 427 g/mol. The van der Waals surface area contributed by atoms with Crippen LogP contribution in [0.5, 0.6) is 17.2 Å². The predicted molar refractivity (Wildman–Crippen MR) is 115 cm³/mol. The molecule has 7 heteroatoms. The molecule has 3 rings (SSSR count). The van der Waals surface area contributed by atoms with E-state index in [9.17, 15) is 18.6 Å².